The number of rotatable bonds is 6. The van der Waals surface area contributed by atoms with Gasteiger partial charge in [-0.2, -0.15) is 0 Å². The fourth-order valence-corrected chi connectivity index (χ4v) is 2.13. The summed E-state index contributed by atoms with van der Waals surface area (Å²) >= 11 is 0. The van der Waals surface area contributed by atoms with Crippen molar-refractivity contribution in [3.8, 4) is 0 Å². The molecule has 0 radical (unpaired) electrons. The van der Waals surface area contributed by atoms with Gasteiger partial charge in [0.05, 0.1) is 13.2 Å². The number of amidine groups is 1. The predicted octanol–water partition coefficient (Wildman–Crippen LogP) is 1.10. The molecule has 1 fully saturated rings. The quantitative estimate of drug-likeness (QED) is 0.408. The molecule has 0 aliphatic carbocycles. The van der Waals surface area contributed by atoms with E-state index in [9.17, 15) is 0 Å². The number of anilines is 1. The van der Waals surface area contributed by atoms with Gasteiger partial charge in [-0.15, -0.1) is 0 Å². The molecule has 2 rings (SSSR count). The van der Waals surface area contributed by atoms with Gasteiger partial charge in [0.15, 0.2) is 0 Å². The lowest BCUT2D eigenvalue weighted by Gasteiger charge is -2.26. The zero-order chi connectivity index (χ0) is 13.5. The minimum absolute atomic E-state index is 0.110. The van der Waals surface area contributed by atoms with Gasteiger partial charge in [0.2, 0.25) is 0 Å². The van der Waals surface area contributed by atoms with Gasteiger partial charge in [0.1, 0.15) is 5.84 Å². The summed E-state index contributed by atoms with van der Waals surface area (Å²) in [6.45, 7) is 5.89. The largest absolute Gasteiger partial charge is 0.385 e. The summed E-state index contributed by atoms with van der Waals surface area (Å²) in [6, 6.07) is 7.66. The van der Waals surface area contributed by atoms with Gasteiger partial charge in [0.25, 0.3) is 0 Å². The molecule has 1 aliphatic rings. The molecule has 0 spiro atoms. The molecule has 19 heavy (non-hydrogen) atoms. The lowest BCUT2D eigenvalue weighted by atomic mass is 10.2. The lowest BCUT2D eigenvalue weighted by molar-refractivity contribution is 0.0378. The van der Waals surface area contributed by atoms with Gasteiger partial charge in [-0.05, 0) is 37.2 Å². The van der Waals surface area contributed by atoms with Crippen LogP contribution in [0.4, 0.5) is 5.69 Å². The average Bonchev–Trinajstić information content (AvgIpc) is 2.45. The van der Waals surface area contributed by atoms with Crippen LogP contribution in [-0.2, 0) is 4.74 Å². The molecule has 0 amide bonds. The van der Waals surface area contributed by atoms with Crippen molar-refractivity contribution in [1.82, 2.24) is 4.90 Å². The number of morpholine rings is 1. The van der Waals surface area contributed by atoms with Crippen molar-refractivity contribution in [2.45, 2.75) is 6.42 Å². The SMILES string of the molecule is N=C(N)c1ccc(NCCCN2CCOCC2)cc1. The summed E-state index contributed by atoms with van der Waals surface area (Å²) < 4.78 is 5.32. The maximum absolute atomic E-state index is 7.33. The Balaban J connectivity index is 1.66. The van der Waals surface area contributed by atoms with Crippen LogP contribution in [0, 0.1) is 5.41 Å². The van der Waals surface area contributed by atoms with Crippen molar-refractivity contribution in [1.29, 1.82) is 5.41 Å². The van der Waals surface area contributed by atoms with Gasteiger partial charge in [-0.1, -0.05) is 0 Å². The van der Waals surface area contributed by atoms with E-state index in [-0.39, 0.29) is 5.84 Å². The monoisotopic (exact) mass is 262 g/mol. The highest BCUT2D eigenvalue weighted by Crippen LogP contribution is 2.09. The van der Waals surface area contributed by atoms with E-state index in [1.54, 1.807) is 0 Å². The maximum atomic E-state index is 7.33. The molecule has 0 aromatic heterocycles. The van der Waals surface area contributed by atoms with Crippen LogP contribution in [0.3, 0.4) is 0 Å². The van der Waals surface area contributed by atoms with Gasteiger partial charge in [0, 0.05) is 30.9 Å². The second-order valence-corrected chi connectivity index (χ2v) is 4.73. The molecule has 1 heterocycles. The zero-order valence-corrected chi connectivity index (χ0v) is 11.2. The van der Waals surface area contributed by atoms with Crippen molar-refractivity contribution in [3.63, 3.8) is 0 Å². The fourth-order valence-electron chi connectivity index (χ4n) is 2.13. The Hall–Kier alpha value is -1.59. The van der Waals surface area contributed by atoms with Gasteiger partial charge in [-0.25, -0.2) is 0 Å². The highest BCUT2D eigenvalue weighted by Gasteiger charge is 2.08. The van der Waals surface area contributed by atoms with Gasteiger partial charge < -0.3 is 15.8 Å². The molecule has 4 N–H and O–H groups in total. The third kappa shape index (κ3) is 4.54. The molecule has 1 aliphatic heterocycles. The minimum Gasteiger partial charge on any atom is -0.385 e. The molecule has 1 aromatic rings. The highest BCUT2D eigenvalue weighted by molar-refractivity contribution is 5.95. The van der Waals surface area contributed by atoms with Gasteiger partial charge >= 0.3 is 0 Å². The smallest absolute Gasteiger partial charge is 0.122 e. The molecule has 0 atom stereocenters. The Morgan fingerprint density at radius 3 is 2.58 bits per heavy atom. The average molecular weight is 262 g/mol. The molecular formula is C14H22N4O. The van der Waals surface area contributed by atoms with Crippen LogP contribution in [0.2, 0.25) is 0 Å². The predicted molar refractivity (Wildman–Crippen MR) is 77.8 cm³/mol. The van der Waals surface area contributed by atoms with Crippen molar-refractivity contribution in [3.05, 3.63) is 29.8 Å². The number of hydrogen-bond acceptors (Lipinski definition) is 4. The number of benzene rings is 1. The first kappa shape index (κ1) is 13.8. The Labute approximate surface area is 114 Å². The summed E-state index contributed by atoms with van der Waals surface area (Å²) in [5.74, 6) is 0.110. The first-order valence-electron chi connectivity index (χ1n) is 6.74. The Morgan fingerprint density at radius 1 is 1.26 bits per heavy atom. The molecule has 0 unspecified atom stereocenters. The van der Waals surface area contributed by atoms with Crippen LogP contribution in [0.5, 0.6) is 0 Å². The highest BCUT2D eigenvalue weighted by atomic mass is 16.5. The summed E-state index contributed by atoms with van der Waals surface area (Å²) in [5, 5.41) is 10.7. The number of nitrogen functional groups attached to an aromatic ring is 1. The third-order valence-corrected chi connectivity index (χ3v) is 3.28. The summed E-state index contributed by atoms with van der Waals surface area (Å²) in [7, 11) is 0. The van der Waals surface area contributed by atoms with E-state index < -0.39 is 0 Å². The summed E-state index contributed by atoms with van der Waals surface area (Å²) in [4.78, 5) is 2.43. The molecular weight excluding hydrogens is 240 g/mol. The Morgan fingerprint density at radius 2 is 1.95 bits per heavy atom. The molecule has 1 saturated heterocycles. The van der Waals surface area contributed by atoms with E-state index >= 15 is 0 Å². The first-order valence-corrected chi connectivity index (χ1v) is 6.74. The van der Waals surface area contributed by atoms with Crippen molar-refractivity contribution >= 4 is 11.5 Å². The van der Waals surface area contributed by atoms with E-state index in [1.165, 1.54) is 0 Å². The first-order chi connectivity index (χ1) is 9.25. The number of nitrogens with one attached hydrogen (secondary N) is 2. The summed E-state index contributed by atoms with van der Waals surface area (Å²) in [6.07, 6.45) is 1.12. The number of nitrogens with zero attached hydrogens (tertiary/aromatic N) is 1. The second kappa shape index (κ2) is 7.11. The molecule has 5 nitrogen and oxygen atoms in total. The number of nitrogens with two attached hydrogens (primary N) is 1. The minimum atomic E-state index is 0.110. The standard InChI is InChI=1S/C14H22N4O/c15-14(16)12-2-4-13(5-3-12)17-6-1-7-18-8-10-19-11-9-18/h2-5,17H,1,6-11H2,(H3,15,16). The van der Waals surface area contributed by atoms with Crippen LogP contribution in [0.15, 0.2) is 24.3 Å². The Kier molecular flexibility index (Phi) is 5.18. The normalized spacial score (nSPS) is 16.2. The fraction of sp³-hybridized carbons (Fsp3) is 0.500. The van der Waals surface area contributed by atoms with E-state index in [2.05, 4.69) is 10.2 Å². The number of ether oxygens (including phenoxy) is 1. The topological polar surface area (TPSA) is 74.4 Å². The van der Waals surface area contributed by atoms with Crippen LogP contribution in [0.1, 0.15) is 12.0 Å². The van der Waals surface area contributed by atoms with E-state index in [0.29, 0.717) is 0 Å². The van der Waals surface area contributed by atoms with Crippen molar-refractivity contribution in [2.24, 2.45) is 5.73 Å². The van der Waals surface area contributed by atoms with Crippen molar-refractivity contribution in [2.75, 3.05) is 44.7 Å². The van der Waals surface area contributed by atoms with Crippen LogP contribution in [-0.4, -0.2) is 50.1 Å². The molecule has 0 saturated carbocycles. The second-order valence-electron chi connectivity index (χ2n) is 4.73. The van der Waals surface area contributed by atoms with E-state index in [0.717, 1.165) is 57.1 Å². The van der Waals surface area contributed by atoms with Crippen LogP contribution < -0.4 is 11.1 Å². The Bertz CT molecular complexity index is 398. The molecule has 1 aromatic carbocycles. The summed E-state index contributed by atoms with van der Waals surface area (Å²) in [5.41, 5.74) is 7.25. The molecule has 104 valence electrons. The van der Waals surface area contributed by atoms with E-state index in [1.807, 2.05) is 24.3 Å². The molecule has 0 bridgehead atoms. The van der Waals surface area contributed by atoms with Gasteiger partial charge in [-0.3, -0.25) is 10.3 Å². The third-order valence-electron chi connectivity index (χ3n) is 3.28. The van der Waals surface area contributed by atoms with Crippen molar-refractivity contribution < 1.29 is 4.74 Å². The van der Waals surface area contributed by atoms with Crippen LogP contribution >= 0.6 is 0 Å². The maximum Gasteiger partial charge on any atom is 0.122 e. The lowest BCUT2D eigenvalue weighted by Crippen LogP contribution is -2.37. The molecule has 5 heteroatoms. The van der Waals surface area contributed by atoms with Crippen LogP contribution in [0.25, 0.3) is 0 Å². The van der Waals surface area contributed by atoms with E-state index in [4.69, 9.17) is 15.9 Å². The zero-order valence-electron chi connectivity index (χ0n) is 11.2. The number of hydrogen-bond donors (Lipinski definition) is 3.